The van der Waals surface area contributed by atoms with E-state index in [4.69, 9.17) is 4.74 Å². The van der Waals surface area contributed by atoms with Crippen molar-refractivity contribution < 1.29 is 23.5 Å². The molecular formula is C21H23FN2O4S. The minimum absolute atomic E-state index is 0.0799. The Morgan fingerprint density at radius 2 is 1.79 bits per heavy atom. The van der Waals surface area contributed by atoms with Crippen LogP contribution in [0.4, 0.5) is 9.18 Å². The van der Waals surface area contributed by atoms with Crippen molar-refractivity contribution in [2.45, 2.75) is 37.0 Å². The number of imide groups is 1. The van der Waals surface area contributed by atoms with Gasteiger partial charge in [-0.1, -0.05) is 37.3 Å². The van der Waals surface area contributed by atoms with Crippen molar-refractivity contribution in [3.8, 4) is 0 Å². The summed E-state index contributed by atoms with van der Waals surface area (Å²) in [6.45, 7) is 3.12. The Bertz CT molecular complexity index is 875. The number of ether oxygens (including phenoxy) is 1. The van der Waals surface area contributed by atoms with Crippen LogP contribution in [-0.4, -0.2) is 30.6 Å². The SMILES string of the molecule is CC[C@H](C)NC(=O)NC(=O)COC(=O)c1ccccc1SCc1ccccc1F. The largest absolute Gasteiger partial charge is 0.452 e. The van der Waals surface area contributed by atoms with Crippen LogP contribution >= 0.6 is 11.8 Å². The van der Waals surface area contributed by atoms with Crippen LogP contribution in [0.3, 0.4) is 0 Å². The Morgan fingerprint density at radius 1 is 1.10 bits per heavy atom. The second-order valence-corrected chi connectivity index (χ2v) is 7.30. The first-order valence-corrected chi connectivity index (χ1v) is 10.1. The molecule has 2 aromatic carbocycles. The van der Waals surface area contributed by atoms with Gasteiger partial charge < -0.3 is 10.1 Å². The minimum atomic E-state index is -0.726. The lowest BCUT2D eigenvalue weighted by Gasteiger charge is -2.12. The molecule has 154 valence electrons. The smallest absolute Gasteiger partial charge is 0.339 e. The van der Waals surface area contributed by atoms with E-state index < -0.39 is 24.5 Å². The topological polar surface area (TPSA) is 84.5 Å². The number of urea groups is 1. The molecule has 3 amide bonds. The van der Waals surface area contributed by atoms with E-state index in [0.717, 1.165) is 6.42 Å². The standard InChI is InChI=1S/C21H23FN2O4S/c1-3-14(2)23-21(27)24-19(25)12-28-20(26)16-9-5-7-11-18(16)29-13-15-8-4-6-10-17(15)22/h4-11,14H,3,12-13H2,1-2H3,(H2,23,24,25,27)/t14-/m0/s1. The van der Waals surface area contributed by atoms with Crippen molar-refractivity contribution in [1.29, 1.82) is 0 Å². The predicted molar refractivity (Wildman–Crippen MR) is 109 cm³/mol. The fourth-order valence-electron chi connectivity index (χ4n) is 2.27. The van der Waals surface area contributed by atoms with E-state index in [2.05, 4.69) is 10.6 Å². The van der Waals surface area contributed by atoms with Gasteiger partial charge in [0, 0.05) is 16.7 Å². The van der Waals surface area contributed by atoms with Crippen LogP contribution in [0.15, 0.2) is 53.4 Å². The van der Waals surface area contributed by atoms with Crippen LogP contribution in [0.25, 0.3) is 0 Å². The van der Waals surface area contributed by atoms with E-state index in [-0.39, 0.29) is 17.4 Å². The monoisotopic (exact) mass is 418 g/mol. The number of rotatable bonds is 8. The quantitative estimate of drug-likeness (QED) is 0.502. The molecular weight excluding hydrogens is 395 g/mol. The highest BCUT2D eigenvalue weighted by molar-refractivity contribution is 7.98. The van der Waals surface area contributed by atoms with E-state index in [9.17, 15) is 18.8 Å². The number of carbonyl (C=O) groups is 3. The second kappa shape index (κ2) is 11.2. The molecule has 0 saturated carbocycles. The molecule has 29 heavy (non-hydrogen) atoms. The molecule has 0 aliphatic rings. The Balaban J connectivity index is 1.91. The lowest BCUT2D eigenvalue weighted by molar-refractivity contribution is -0.123. The third-order valence-electron chi connectivity index (χ3n) is 4.03. The second-order valence-electron chi connectivity index (χ2n) is 6.28. The number of hydrogen-bond acceptors (Lipinski definition) is 5. The van der Waals surface area contributed by atoms with Crippen LogP contribution in [0.1, 0.15) is 36.2 Å². The molecule has 0 aromatic heterocycles. The van der Waals surface area contributed by atoms with Crippen LogP contribution in [0.5, 0.6) is 0 Å². The zero-order valence-electron chi connectivity index (χ0n) is 16.2. The molecule has 0 saturated heterocycles. The fourth-order valence-corrected chi connectivity index (χ4v) is 3.29. The molecule has 0 bridgehead atoms. The van der Waals surface area contributed by atoms with Gasteiger partial charge in [-0.25, -0.2) is 14.0 Å². The van der Waals surface area contributed by atoms with Gasteiger partial charge in [-0.3, -0.25) is 10.1 Å². The molecule has 0 radical (unpaired) electrons. The highest BCUT2D eigenvalue weighted by Gasteiger charge is 2.16. The number of carbonyl (C=O) groups excluding carboxylic acids is 3. The first kappa shape index (κ1) is 22.4. The van der Waals surface area contributed by atoms with Crippen LogP contribution in [0, 0.1) is 5.82 Å². The molecule has 0 aliphatic heterocycles. The van der Waals surface area contributed by atoms with Crippen molar-refractivity contribution in [3.05, 3.63) is 65.5 Å². The van der Waals surface area contributed by atoms with E-state index in [0.29, 0.717) is 16.2 Å². The summed E-state index contributed by atoms with van der Waals surface area (Å²) in [6, 6.07) is 12.4. The zero-order valence-corrected chi connectivity index (χ0v) is 17.1. The van der Waals surface area contributed by atoms with Gasteiger partial charge in [0.15, 0.2) is 6.61 Å². The van der Waals surface area contributed by atoms with Crippen LogP contribution < -0.4 is 10.6 Å². The van der Waals surface area contributed by atoms with Gasteiger partial charge in [0.1, 0.15) is 5.82 Å². The highest BCUT2D eigenvalue weighted by Crippen LogP contribution is 2.27. The zero-order chi connectivity index (χ0) is 21.2. The molecule has 0 unspecified atom stereocenters. The lowest BCUT2D eigenvalue weighted by atomic mass is 10.2. The van der Waals surface area contributed by atoms with Gasteiger partial charge in [-0.15, -0.1) is 11.8 Å². The number of amides is 3. The average Bonchev–Trinajstić information content (AvgIpc) is 2.71. The van der Waals surface area contributed by atoms with Crippen molar-refractivity contribution in [3.63, 3.8) is 0 Å². The van der Waals surface area contributed by atoms with Gasteiger partial charge in [-0.05, 0) is 37.1 Å². The van der Waals surface area contributed by atoms with E-state index in [1.54, 1.807) is 49.4 Å². The summed E-state index contributed by atoms with van der Waals surface area (Å²) in [7, 11) is 0. The third kappa shape index (κ3) is 7.23. The first-order valence-electron chi connectivity index (χ1n) is 9.13. The maximum Gasteiger partial charge on any atom is 0.339 e. The Kier molecular flexibility index (Phi) is 8.67. The van der Waals surface area contributed by atoms with Crippen molar-refractivity contribution >= 4 is 29.7 Å². The summed E-state index contributed by atoms with van der Waals surface area (Å²) < 4.78 is 18.8. The van der Waals surface area contributed by atoms with Crippen molar-refractivity contribution in [2.24, 2.45) is 0 Å². The van der Waals surface area contributed by atoms with Gasteiger partial charge in [0.05, 0.1) is 5.56 Å². The Hall–Kier alpha value is -2.87. The number of esters is 1. The first-order chi connectivity index (χ1) is 13.9. The van der Waals surface area contributed by atoms with Crippen LogP contribution in [-0.2, 0) is 15.3 Å². The van der Waals surface area contributed by atoms with Crippen molar-refractivity contribution in [1.82, 2.24) is 10.6 Å². The summed E-state index contributed by atoms with van der Waals surface area (Å²) >= 11 is 1.29. The highest BCUT2D eigenvalue weighted by atomic mass is 32.2. The predicted octanol–water partition coefficient (Wildman–Crippen LogP) is 3.90. The Labute approximate surface area is 173 Å². The molecule has 8 heteroatoms. The fraction of sp³-hybridized carbons (Fsp3) is 0.286. The summed E-state index contributed by atoms with van der Waals surface area (Å²) in [5.41, 5.74) is 0.790. The molecule has 0 heterocycles. The molecule has 0 aliphatic carbocycles. The van der Waals surface area contributed by atoms with Crippen LogP contribution in [0.2, 0.25) is 0 Å². The molecule has 2 N–H and O–H groups in total. The molecule has 6 nitrogen and oxygen atoms in total. The van der Waals surface area contributed by atoms with Gasteiger partial charge in [0.25, 0.3) is 5.91 Å². The number of thioether (sulfide) groups is 1. The normalized spacial score (nSPS) is 11.4. The minimum Gasteiger partial charge on any atom is -0.452 e. The molecule has 0 fully saturated rings. The number of hydrogen-bond donors (Lipinski definition) is 2. The lowest BCUT2D eigenvalue weighted by Crippen LogP contribution is -2.44. The molecule has 2 rings (SSSR count). The van der Waals surface area contributed by atoms with E-state index in [1.165, 1.54) is 17.8 Å². The van der Waals surface area contributed by atoms with E-state index >= 15 is 0 Å². The number of nitrogens with one attached hydrogen (secondary N) is 2. The Morgan fingerprint density at radius 3 is 2.52 bits per heavy atom. The summed E-state index contributed by atoms with van der Waals surface area (Å²) in [5, 5.41) is 4.69. The van der Waals surface area contributed by atoms with Gasteiger partial charge in [0.2, 0.25) is 0 Å². The van der Waals surface area contributed by atoms with E-state index in [1.807, 2.05) is 6.92 Å². The maximum atomic E-state index is 13.8. The summed E-state index contributed by atoms with van der Waals surface area (Å²) in [5.74, 6) is -1.39. The third-order valence-corrected chi connectivity index (χ3v) is 5.15. The summed E-state index contributed by atoms with van der Waals surface area (Å²) in [4.78, 5) is 36.4. The van der Waals surface area contributed by atoms with Crippen molar-refractivity contribution in [2.75, 3.05) is 6.61 Å². The molecule has 2 aromatic rings. The molecule has 1 atom stereocenters. The van der Waals surface area contributed by atoms with Gasteiger partial charge >= 0.3 is 12.0 Å². The number of benzene rings is 2. The van der Waals surface area contributed by atoms with Gasteiger partial charge in [-0.2, -0.15) is 0 Å². The maximum absolute atomic E-state index is 13.8. The molecule has 0 spiro atoms. The average molecular weight is 418 g/mol. The summed E-state index contributed by atoms with van der Waals surface area (Å²) in [6.07, 6.45) is 0.720. The number of halogens is 1.